The van der Waals surface area contributed by atoms with Gasteiger partial charge >= 0.3 is 5.97 Å². The van der Waals surface area contributed by atoms with E-state index < -0.39 is 5.97 Å². The van der Waals surface area contributed by atoms with Gasteiger partial charge in [0, 0.05) is 36.1 Å². The summed E-state index contributed by atoms with van der Waals surface area (Å²) in [5, 5.41) is 29.2. The lowest BCUT2D eigenvalue weighted by atomic mass is 9.98. The molecule has 4 rings (SSSR count). The fourth-order valence-electron chi connectivity index (χ4n) is 3.77. The van der Waals surface area contributed by atoms with Crippen molar-refractivity contribution in [2.45, 2.75) is 19.3 Å². The van der Waals surface area contributed by atoms with Gasteiger partial charge in [-0.25, -0.2) is 0 Å². The number of carboxylic acids is 1. The average molecular weight is 478 g/mol. The predicted molar refractivity (Wildman–Crippen MR) is 132 cm³/mol. The molecule has 0 saturated heterocycles. The summed E-state index contributed by atoms with van der Waals surface area (Å²) >= 11 is 6.53. The Hall–Kier alpha value is -3.68. The molecule has 0 radical (unpaired) electrons. The Morgan fingerprint density at radius 2 is 1.62 bits per heavy atom. The van der Waals surface area contributed by atoms with Gasteiger partial charge in [-0.15, -0.1) is 0 Å². The second-order valence-corrected chi connectivity index (χ2v) is 8.34. The van der Waals surface area contributed by atoms with Crippen LogP contribution in [0, 0.1) is 0 Å². The molecule has 0 unspecified atom stereocenters. The molecule has 0 aliphatic rings. The molecule has 0 atom stereocenters. The summed E-state index contributed by atoms with van der Waals surface area (Å²) in [6, 6.07) is 19.0. The Morgan fingerprint density at radius 3 is 2.26 bits per heavy atom. The highest BCUT2D eigenvalue weighted by atomic mass is 35.5. The first kappa shape index (κ1) is 23.5. The summed E-state index contributed by atoms with van der Waals surface area (Å²) in [7, 11) is 0. The van der Waals surface area contributed by atoms with Crippen LogP contribution in [0.4, 0.5) is 0 Å². The first-order valence-corrected chi connectivity index (χ1v) is 11.3. The number of nitrogens with one attached hydrogen (secondary N) is 2. The van der Waals surface area contributed by atoms with Crippen LogP contribution in [0.1, 0.15) is 28.9 Å². The van der Waals surface area contributed by atoms with Gasteiger partial charge in [0.2, 0.25) is 0 Å². The highest BCUT2D eigenvalue weighted by molar-refractivity contribution is 6.34. The van der Waals surface area contributed by atoms with Gasteiger partial charge in [-0.3, -0.25) is 14.7 Å². The van der Waals surface area contributed by atoms with E-state index in [-0.39, 0.29) is 18.9 Å². The molecule has 0 saturated carbocycles. The van der Waals surface area contributed by atoms with Crippen LogP contribution >= 0.6 is 11.6 Å². The van der Waals surface area contributed by atoms with Crippen molar-refractivity contribution in [3.63, 3.8) is 0 Å². The molecule has 0 fully saturated rings. The summed E-state index contributed by atoms with van der Waals surface area (Å²) in [5.74, 6) is -1.03. The van der Waals surface area contributed by atoms with Gasteiger partial charge in [0.1, 0.15) is 0 Å². The smallest absolute Gasteiger partial charge is 0.303 e. The van der Waals surface area contributed by atoms with E-state index in [9.17, 15) is 9.59 Å². The topological polar surface area (TPSA) is 115 Å². The average Bonchev–Trinajstić information content (AvgIpc) is 3.24. The van der Waals surface area contributed by atoms with Gasteiger partial charge in [-0.05, 0) is 47.4 Å². The molecule has 0 aliphatic carbocycles. The third-order valence-electron chi connectivity index (χ3n) is 5.60. The molecule has 7 nitrogen and oxygen atoms in total. The number of carbonyl (C=O) groups is 2. The molecule has 0 aliphatic heterocycles. The molecular weight excluding hydrogens is 454 g/mol. The Balaban J connectivity index is 1.54. The second kappa shape index (κ2) is 10.5. The van der Waals surface area contributed by atoms with Crippen molar-refractivity contribution in [2.24, 2.45) is 0 Å². The number of aliphatic hydroxyl groups is 1. The zero-order valence-corrected chi connectivity index (χ0v) is 19.1. The highest BCUT2D eigenvalue weighted by Gasteiger charge is 2.13. The quantitative estimate of drug-likeness (QED) is 0.261. The van der Waals surface area contributed by atoms with Gasteiger partial charge in [0.05, 0.1) is 22.7 Å². The van der Waals surface area contributed by atoms with Crippen molar-refractivity contribution in [3.8, 4) is 22.3 Å². The third-order valence-corrected chi connectivity index (χ3v) is 5.91. The molecule has 1 amide bonds. The number of aromatic amines is 1. The third kappa shape index (κ3) is 5.27. The first-order valence-electron chi connectivity index (χ1n) is 10.9. The van der Waals surface area contributed by atoms with Gasteiger partial charge in [0.25, 0.3) is 5.91 Å². The normalized spacial score (nSPS) is 11.0. The lowest BCUT2D eigenvalue weighted by Gasteiger charge is -2.09. The summed E-state index contributed by atoms with van der Waals surface area (Å²) in [6.45, 7) is 0.481. The summed E-state index contributed by atoms with van der Waals surface area (Å²) < 4.78 is 0. The van der Waals surface area contributed by atoms with Gasteiger partial charge in [-0.1, -0.05) is 48.0 Å². The summed E-state index contributed by atoms with van der Waals surface area (Å²) in [5.41, 5.74) is 5.79. The van der Waals surface area contributed by atoms with Gasteiger partial charge < -0.3 is 15.5 Å². The molecule has 4 N–H and O–H groups in total. The van der Waals surface area contributed by atoms with Crippen molar-refractivity contribution >= 4 is 34.4 Å². The van der Waals surface area contributed by atoms with Gasteiger partial charge in [-0.2, -0.15) is 5.10 Å². The van der Waals surface area contributed by atoms with Crippen LogP contribution < -0.4 is 5.32 Å². The number of aliphatic carboxylic acids is 1. The maximum absolute atomic E-state index is 12.1. The number of rotatable bonds is 9. The van der Waals surface area contributed by atoms with E-state index in [1.165, 1.54) is 0 Å². The minimum atomic E-state index is -0.865. The van der Waals surface area contributed by atoms with Crippen LogP contribution in [0.25, 0.3) is 33.2 Å². The van der Waals surface area contributed by atoms with Crippen LogP contribution in [-0.4, -0.2) is 45.4 Å². The second-order valence-electron chi connectivity index (χ2n) is 7.93. The number of aromatic nitrogens is 2. The van der Waals surface area contributed by atoms with E-state index >= 15 is 0 Å². The van der Waals surface area contributed by atoms with Crippen LogP contribution in [-0.2, 0) is 11.2 Å². The fraction of sp³-hybridized carbons (Fsp3) is 0.192. The number of aliphatic hydroxyl groups excluding tert-OH is 1. The number of H-pyrrole nitrogens is 1. The molecule has 1 aromatic heterocycles. The molecule has 1 heterocycles. The Kier molecular flexibility index (Phi) is 7.25. The van der Waals surface area contributed by atoms with E-state index in [0.29, 0.717) is 35.7 Å². The monoisotopic (exact) mass is 477 g/mol. The zero-order chi connectivity index (χ0) is 24.1. The predicted octanol–water partition coefficient (Wildman–Crippen LogP) is 4.68. The first-order chi connectivity index (χ1) is 16.5. The van der Waals surface area contributed by atoms with E-state index in [1.54, 1.807) is 12.1 Å². The maximum Gasteiger partial charge on any atom is 0.303 e. The SMILES string of the molecule is O=C(O)CCc1n[nH]c2cc(Cl)c(-c3ccc(-c4ccc(C(=O)NCCCO)cc4)cc3)cc12. The zero-order valence-electron chi connectivity index (χ0n) is 18.3. The molecule has 0 spiro atoms. The van der Waals surface area contributed by atoms with E-state index in [2.05, 4.69) is 15.5 Å². The molecule has 0 bridgehead atoms. The molecule has 8 heteroatoms. The minimum absolute atomic E-state index is 0.00964. The van der Waals surface area contributed by atoms with E-state index in [4.69, 9.17) is 21.8 Å². The summed E-state index contributed by atoms with van der Waals surface area (Å²) in [6.07, 6.45) is 0.873. The van der Waals surface area contributed by atoms with E-state index in [0.717, 1.165) is 33.2 Å². The number of nitrogens with zero attached hydrogens (tertiary/aromatic N) is 1. The van der Waals surface area contributed by atoms with E-state index in [1.807, 2.05) is 48.5 Å². The largest absolute Gasteiger partial charge is 0.481 e. The van der Waals surface area contributed by atoms with Crippen molar-refractivity contribution < 1.29 is 19.8 Å². The Morgan fingerprint density at radius 1 is 0.971 bits per heavy atom. The van der Waals surface area contributed by atoms with Crippen LogP contribution in [0.15, 0.2) is 60.7 Å². The number of carboxylic acid groups (broad SMARTS) is 1. The molecule has 34 heavy (non-hydrogen) atoms. The minimum Gasteiger partial charge on any atom is -0.481 e. The van der Waals surface area contributed by atoms with Gasteiger partial charge in [0.15, 0.2) is 0 Å². The summed E-state index contributed by atoms with van der Waals surface area (Å²) in [4.78, 5) is 23.1. The highest BCUT2D eigenvalue weighted by Crippen LogP contribution is 2.34. The van der Waals surface area contributed by atoms with Crippen molar-refractivity contribution in [1.82, 2.24) is 15.5 Å². The lowest BCUT2D eigenvalue weighted by Crippen LogP contribution is -2.24. The number of benzene rings is 3. The standard InChI is InChI=1S/C26H24ClN3O4/c27-22-15-24-21(23(29-30-24)10-11-25(32)33)14-20(22)18-6-2-16(3-7-18)17-4-8-19(9-5-17)26(34)28-12-1-13-31/h2-9,14-15,31H,1,10-13H2,(H,28,34)(H,29,30)(H,32,33). The van der Waals surface area contributed by atoms with Crippen molar-refractivity contribution in [1.29, 1.82) is 0 Å². The lowest BCUT2D eigenvalue weighted by molar-refractivity contribution is -0.136. The van der Waals surface area contributed by atoms with Crippen LogP contribution in [0.5, 0.6) is 0 Å². The number of aryl methyl sites for hydroxylation is 1. The number of hydrogen-bond donors (Lipinski definition) is 4. The Labute approximate surface area is 201 Å². The molecule has 174 valence electrons. The molecular formula is C26H24ClN3O4. The molecule has 4 aromatic rings. The van der Waals surface area contributed by atoms with Crippen molar-refractivity contribution in [2.75, 3.05) is 13.2 Å². The van der Waals surface area contributed by atoms with Crippen molar-refractivity contribution in [3.05, 3.63) is 76.9 Å². The number of halogens is 1. The maximum atomic E-state index is 12.1. The van der Waals surface area contributed by atoms with Crippen LogP contribution in [0.3, 0.4) is 0 Å². The number of carbonyl (C=O) groups excluding carboxylic acids is 1. The fourth-order valence-corrected chi connectivity index (χ4v) is 4.04. The number of amides is 1. The van der Waals surface area contributed by atoms with Crippen LogP contribution in [0.2, 0.25) is 5.02 Å². The Bertz CT molecular complexity index is 1310. The number of hydrogen-bond acceptors (Lipinski definition) is 4. The molecule has 3 aromatic carbocycles. The number of fused-ring (bicyclic) bond motifs is 1.